The summed E-state index contributed by atoms with van der Waals surface area (Å²) in [4.78, 5) is 0. The van der Waals surface area contributed by atoms with Gasteiger partial charge in [-0.3, -0.25) is 0 Å². The molecule has 0 unspecified atom stereocenters. The lowest BCUT2D eigenvalue weighted by Crippen LogP contribution is -1.62. The second-order valence-corrected chi connectivity index (χ2v) is 4.96. The van der Waals surface area contributed by atoms with E-state index in [-0.39, 0.29) is 37.2 Å². The Morgan fingerprint density at radius 1 is 0.333 bits per heavy atom. The van der Waals surface area contributed by atoms with Gasteiger partial charge in [-0.15, -0.1) is 37.2 Å². The lowest BCUT2D eigenvalue weighted by molar-refractivity contribution is 1.48. The summed E-state index contributed by atoms with van der Waals surface area (Å²) in [6.45, 7) is 6.25. The van der Waals surface area contributed by atoms with E-state index >= 15 is 0 Å². The SMILES string of the molecule is Cc1ccccc1.Cc1ccccc1.Cc1ccccc1.Cl.Cl.Cl. The predicted octanol–water partition coefficient (Wildman–Crippen LogP) is 7.25. The van der Waals surface area contributed by atoms with E-state index in [1.807, 2.05) is 54.6 Å². The molecule has 0 N–H and O–H groups in total. The first-order valence-electron chi connectivity index (χ1n) is 7.23. The van der Waals surface area contributed by atoms with Gasteiger partial charge in [0, 0.05) is 0 Å². The van der Waals surface area contributed by atoms with Crippen molar-refractivity contribution in [1.29, 1.82) is 0 Å². The second-order valence-electron chi connectivity index (χ2n) is 4.96. The number of hydrogen-bond donors (Lipinski definition) is 0. The standard InChI is InChI=1S/3C7H8.3ClH/c3*1-7-5-3-2-4-6-7;;;/h3*2-6H,1H3;3*1H. The maximum Gasteiger partial charge on any atom is -0.0398 e. The lowest BCUT2D eigenvalue weighted by atomic mass is 10.2. The highest BCUT2D eigenvalue weighted by Gasteiger charge is 1.73. The molecule has 0 amide bonds. The first-order valence-corrected chi connectivity index (χ1v) is 7.23. The monoisotopic (exact) mass is 384 g/mol. The maximum atomic E-state index is 2.08. The molecule has 132 valence electrons. The van der Waals surface area contributed by atoms with Gasteiger partial charge in [0.1, 0.15) is 0 Å². The van der Waals surface area contributed by atoms with Crippen LogP contribution in [0.25, 0.3) is 0 Å². The Hall–Kier alpha value is -1.47. The highest BCUT2D eigenvalue weighted by Crippen LogP contribution is 1.93. The summed E-state index contributed by atoms with van der Waals surface area (Å²) >= 11 is 0. The highest BCUT2D eigenvalue weighted by atomic mass is 35.5. The molecule has 24 heavy (non-hydrogen) atoms. The molecule has 3 heteroatoms. The van der Waals surface area contributed by atoms with Gasteiger partial charge in [0.05, 0.1) is 0 Å². The zero-order valence-corrected chi connectivity index (χ0v) is 16.8. The van der Waals surface area contributed by atoms with Gasteiger partial charge in [0.2, 0.25) is 0 Å². The molecule has 0 nitrogen and oxygen atoms in total. The molecule has 0 saturated heterocycles. The van der Waals surface area contributed by atoms with Crippen molar-refractivity contribution in [2.45, 2.75) is 20.8 Å². The molecule has 0 aliphatic rings. The molecule has 3 aromatic rings. The molecule has 0 saturated carbocycles. The lowest BCUT2D eigenvalue weighted by Gasteiger charge is -1.82. The summed E-state index contributed by atoms with van der Waals surface area (Å²) < 4.78 is 0. The molecular formula is C21H27Cl3. The van der Waals surface area contributed by atoms with Gasteiger partial charge in [0.15, 0.2) is 0 Å². The minimum atomic E-state index is 0. The van der Waals surface area contributed by atoms with Crippen LogP contribution in [0.3, 0.4) is 0 Å². The van der Waals surface area contributed by atoms with E-state index in [0.29, 0.717) is 0 Å². The van der Waals surface area contributed by atoms with Crippen molar-refractivity contribution in [3.05, 3.63) is 108 Å². The summed E-state index contributed by atoms with van der Waals surface area (Å²) in [6, 6.07) is 30.8. The average Bonchev–Trinajstić information content (AvgIpc) is 2.51. The van der Waals surface area contributed by atoms with Crippen molar-refractivity contribution >= 4 is 37.2 Å². The highest BCUT2D eigenvalue weighted by molar-refractivity contribution is 5.86. The first-order chi connectivity index (χ1) is 10.2. The van der Waals surface area contributed by atoms with E-state index < -0.39 is 0 Å². The molecular weight excluding hydrogens is 359 g/mol. The van der Waals surface area contributed by atoms with Crippen molar-refractivity contribution in [1.82, 2.24) is 0 Å². The van der Waals surface area contributed by atoms with Gasteiger partial charge >= 0.3 is 0 Å². The Morgan fingerprint density at radius 3 is 0.583 bits per heavy atom. The quantitative estimate of drug-likeness (QED) is 0.382. The summed E-state index contributed by atoms with van der Waals surface area (Å²) in [7, 11) is 0. The number of halogens is 3. The van der Waals surface area contributed by atoms with Crippen LogP contribution in [0.1, 0.15) is 16.7 Å². The van der Waals surface area contributed by atoms with Gasteiger partial charge < -0.3 is 0 Å². The van der Waals surface area contributed by atoms with E-state index in [1.54, 1.807) is 0 Å². The van der Waals surface area contributed by atoms with Crippen LogP contribution in [0.15, 0.2) is 91.0 Å². The molecule has 0 spiro atoms. The van der Waals surface area contributed by atoms with Crippen LogP contribution in [0, 0.1) is 20.8 Å². The number of rotatable bonds is 0. The Morgan fingerprint density at radius 2 is 0.500 bits per heavy atom. The molecule has 0 aliphatic heterocycles. The topological polar surface area (TPSA) is 0 Å². The molecule has 3 rings (SSSR count). The van der Waals surface area contributed by atoms with Crippen molar-refractivity contribution in [2.24, 2.45) is 0 Å². The number of hydrogen-bond acceptors (Lipinski definition) is 0. The minimum Gasteiger partial charge on any atom is -0.147 e. The Balaban J connectivity index is -0.000000259. The zero-order valence-electron chi connectivity index (χ0n) is 14.4. The average molecular weight is 386 g/mol. The van der Waals surface area contributed by atoms with Crippen LogP contribution in [0.4, 0.5) is 0 Å². The molecule has 0 fully saturated rings. The third kappa shape index (κ3) is 15.4. The second kappa shape index (κ2) is 17.9. The fourth-order valence-corrected chi connectivity index (χ4v) is 1.60. The summed E-state index contributed by atoms with van der Waals surface area (Å²) in [5.41, 5.74) is 3.97. The van der Waals surface area contributed by atoms with Crippen molar-refractivity contribution < 1.29 is 0 Å². The van der Waals surface area contributed by atoms with Gasteiger partial charge in [-0.1, -0.05) is 108 Å². The Bertz CT molecular complexity index is 492. The van der Waals surface area contributed by atoms with Crippen LogP contribution in [-0.2, 0) is 0 Å². The molecule has 0 atom stereocenters. The van der Waals surface area contributed by atoms with Crippen molar-refractivity contribution in [3.8, 4) is 0 Å². The van der Waals surface area contributed by atoms with Crippen LogP contribution in [-0.4, -0.2) is 0 Å². The number of aryl methyl sites for hydroxylation is 3. The Kier molecular flexibility index (Phi) is 20.4. The fraction of sp³-hybridized carbons (Fsp3) is 0.143. The largest absolute Gasteiger partial charge is 0.147 e. The minimum absolute atomic E-state index is 0. The third-order valence-electron chi connectivity index (χ3n) is 2.82. The van der Waals surface area contributed by atoms with E-state index in [2.05, 4.69) is 57.2 Å². The van der Waals surface area contributed by atoms with Crippen LogP contribution in [0.2, 0.25) is 0 Å². The van der Waals surface area contributed by atoms with E-state index in [1.165, 1.54) is 16.7 Å². The molecule has 3 aromatic carbocycles. The smallest absolute Gasteiger partial charge is 0.0398 e. The van der Waals surface area contributed by atoms with Crippen LogP contribution < -0.4 is 0 Å². The van der Waals surface area contributed by atoms with Gasteiger partial charge in [-0.25, -0.2) is 0 Å². The fourth-order valence-electron chi connectivity index (χ4n) is 1.60. The molecule has 0 radical (unpaired) electrons. The van der Waals surface area contributed by atoms with E-state index in [4.69, 9.17) is 0 Å². The molecule has 0 aliphatic carbocycles. The van der Waals surface area contributed by atoms with Gasteiger partial charge in [0.25, 0.3) is 0 Å². The predicted molar refractivity (Wildman–Crippen MR) is 115 cm³/mol. The van der Waals surface area contributed by atoms with Gasteiger partial charge in [-0.2, -0.15) is 0 Å². The van der Waals surface area contributed by atoms with Gasteiger partial charge in [-0.05, 0) is 20.8 Å². The van der Waals surface area contributed by atoms with Crippen molar-refractivity contribution in [2.75, 3.05) is 0 Å². The molecule has 0 aromatic heterocycles. The summed E-state index contributed by atoms with van der Waals surface area (Å²) in [5.74, 6) is 0. The van der Waals surface area contributed by atoms with Crippen LogP contribution in [0.5, 0.6) is 0 Å². The third-order valence-corrected chi connectivity index (χ3v) is 2.82. The maximum absolute atomic E-state index is 2.08. The summed E-state index contributed by atoms with van der Waals surface area (Å²) in [5, 5.41) is 0. The van der Waals surface area contributed by atoms with Crippen LogP contribution >= 0.6 is 37.2 Å². The van der Waals surface area contributed by atoms with Crippen molar-refractivity contribution in [3.63, 3.8) is 0 Å². The normalized spacial score (nSPS) is 7.62. The Labute approximate surface area is 165 Å². The molecule has 0 bridgehead atoms. The summed E-state index contributed by atoms with van der Waals surface area (Å²) in [6.07, 6.45) is 0. The van der Waals surface area contributed by atoms with E-state index in [0.717, 1.165) is 0 Å². The first kappa shape index (κ1) is 27.4. The number of benzene rings is 3. The molecule has 0 heterocycles. The van der Waals surface area contributed by atoms with E-state index in [9.17, 15) is 0 Å². The zero-order chi connectivity index (χ0) is 15.3.